The van der Waals surface area contributed by atoms with E-state index in [2.05, 4.69) is 10.6 Å². The summed E-state index contributed by atoms with van der Waals surface area (Å²) in [5, 5.41) is 5.59. The molecule has 1 heterocycles. The maximum Gasteiger partial charge on any atom is 0.231 e. The zero-order valence-electron chi connectivity index (χ0n) is 12.1. The summed E-state index contributed by atoms with van der Waals surface area (Å²) >= 11 is 0. The first-order valence-corrected chi connectivity index (χ1v) is 7.00. The van der Waals surface area contributed by atoms with Crippen molar-refractivity contribution in [3.05, 3.63) is 48.0 Å². The van der Waals surface area contributed by atoms with Gasteiger partial charge < -0.3 is 20.1 Å². The van der Waals surface area contributed by atoms with E-state index in [1.807, 2.05) is 6.07 Å². The molecule has 3 rings (SSSR count). The van der Waals surface area contributed by atoms with E-state index in [0.29, 0.717) is 18.0 Å². The first-order chi connectivity index (χ1) is 11.1. The Hall–Kier alpha value is -2.83. The molecule has 1 aliphatic rings. The number of nitrogens with one attached hydrogen (secondary N) is 2. The Morgan fingerprint density at radius 3 is 2.61 bits per heavy atom. The van der Waals surface area contributed by atoms with E-state index in [-0.39, 0.29) is 24.8 Å². The molecule has 0 saturated carbocycles. The van der Waals surface area contributed by atoms with Gasteiger partial charge in [-0.1, -0.05) is 0 Å². The topological polar surface area (TPSA) is 59.6 Å². The Balaban J connectivity index is 1.48. The number of fused-ring (bicyclic) bond motifs is 1. The third-order valence-electron chi connectivity index (χ3n) is 3.26. The summed E-state index contributed by atoms with van der Waals surface area (Å²) in [6, 6.07) is 8.61. The van der Waals surface area contributed by atoms with Crippen LogP contribution >= 0.6 is 0 Å². The number of halogens is 2. The van der Waals surface area contributed by atoms with Gasteiger partial charge in [-0.3, -0.25) is 4.79 Å². The molecule has 0 bridgehead atoms. The van der Waals surface area contributed by atoms with Gasteiger partial charge in [-0.25, -0.2) is 8.78 Å². The standard InChI is InChI=1S/C16H14F2N2O3/c17-12-3-1-11(7-13(12)18)20-16(21)5-6-19-10-2-4-14-15(8-10)23-9-22-14/h1-4,7-8,19H,5-6,9H2,(H,20,21). The highest BCUT2D eigenvalue weighted by Gasteiger charge is 2.13. The largest absolute Gasteiger partial charge is 0.454 e. The van der Waals surface area contributed by atoms with E-state index in [9.17, 15) is 13.6 Å². The third-order valence-corrected chi connectivity index (χ3v) is 3.26. The molecule has 1 aliphatic heterocycles. The van der Waals surface area contributed by atoms with Crippen LogP contribution in [0.4, 0.5) is 20.2 Å². The number of carbonyl (C=O) groups excluding carboxylic acids is 1. The minimum absolute atomic E-state index is 0.174. The van der Waals surface area contributed by atoms with Gasteiger partial charge in [-0.15, -0.1) is 0 Å². The number of amides is 1. The van der Waals surface area contributed by atoms with Crippen molar-refractivity contribution in [1.29, 1.82) is 0 Å². The minimum atomic E-state index is -0.999. The van der Waals surface area contributed by atoms with Crippen molar-refractivity contribution in [3.8, 4) is 11.5 Å². The number of anilines is 2. The molecular weight excluding hydrogens is 306 g/mol. The van der Waals surface area contributed by atoms with Crippen molar-refractivity contribution in [1.82, 2.24) is 0 Å². The Morgan fingerprint density at radius 1 is 1.00 bits per heavy atom. The van der Waals surface area contributed by atoms with E-state index in [1.54, 1.807) is 12.1 Å². The molecule has 0 radical (unpaired) electrons. The molecule has 120 valence electrons. The van der Waals surface area contributed by atoms with Crippen molar-refractivity contribution in [2.45, 2.75) is 6.42 Å². The van der Waals surface area contributed by atoms with Crippen LogP contribution in [0.25, 0.3) is 0 Å². The lowest BCUT2D eigenvalue weighted by molar-refractivity contribution is -0.115. The van der Waals surface area contributed by atoms with Gasteiger partial charge >= 0.3 is 0 Å². The van der Waals surface area contributed by atoms with Crippen LogP contribution in [0, 0.1) is 11.6 Å². The number of benzene rings is 2. The normalized spacial score (nSPS) is 12.1. The van der Waals surface area contributed by atoms with E-state index < -0.39 is 11.6 Å². The maximum absolute atomic E-state index is 13.1. The van der Waals surface area contributed by atoms with Crippen LogP contribution in [0.15, 0.2) is 36.4 Å². The van der Waals surface area contributed by atoms with Gasteiger partial charge in [0.05, 0.1) is 0 Å². The molecule has 0 spiro atoms. The Morgan fingerprint density at radius 2 is 1.78 bits per heavy atom. The number of carbonyl (C=O) groups is 1. The lowest BCUT2D eigenvalue weighted by Gasteiger charge is -2.08. The first kappa shape index (κ1) is 15.1. The van der Waals surface area contributed by atoms with Crippen LogP contribution in [0.3, 0.4) is 0 Å². The molecule has 0 fully saturated rings. The number of rotatable bonds is 5. The van der Waals surface area contributed by atoms with Crippen molar-refractivity contribution in [2.75, 3.05) is 24.0 Å². The Kier molecular flexibility index (Phi) is 4.27. The summed E-state index contributed by atoms with van der Waals surface area (Å²) in [6.07, 6.45) is 0.174. The molecule has 0 atom stereocenters. The number of hydrogen-bond acceptors (Lipinski definition) is 4. The molecule has 5 nitrogen and oxygen atoms in total. The monoisotopic (exact) mass is 320 g/mol. The number of ether oxygens (including phenoxy) is 2. The van der Waals surface area contributed by atoms with Gasteiger partial charge in [0, 0.05) is 36.5 Å². The van der Waals surface area contributed by atoms with Gasteiger partial charge in [-0.2, -0.15) is 0 Å². The maximum atomic E-state index is 13.1. The molecular formula is C16H14F2N2O3. The lowest BCUT2D eigenvalue weighted by atomic mass is 10.2. The summed E-state index contributed by atoms with van der Waals surface area (Å²) in [4.78, 5) is 11.8. The highest BCUT2D eigenvalue weighted by atomic mass is 19.2. The highest BCUT2D eigenvalue weighted by molar-refractivity contribution is 5.90. The van der Waals surface area contributed by atoms with E-state index in [0.717, 1.165) is 17.8 Å². The Bertz CT molecular complexity index is 737. The first-order valence-electron chi connectivity index (χ1n) is 7.00. The SMILES string of the molecule is O=C(CCNc1ccc2c(c1)OCO2)Nc1ccc(F)c(F)c1. The van der Waals surface area contributed by atoms with Crippen LogP contribution in [-0.4, -0.2) is 19.2 Å². The zero-order chi connectivity index (χ0) is 16.2. The molecule has 23 heavy (non-hydrogen) atoms. The average molecular weight is 320 g/mol. The fourth-order valence-corrected chi connectivity index (χ4v) is 2.12. The average Bonchev–Trinajstić information content (AvgIpc) is 2.98. The van der Waals surface area contributed by atoms with Gasteiger partial charge in [0.1, 0.15) is 0 Å². The van der Waals surface area contributed by atoms with Crippen LogP contribution in [0.2, 0.25) is 0 Å². The fourth-order valence-electron chi connectivity index (χ4n) is 2.12. The van der Waals surface area contributed by atoms with Gasteiger partial charge in [-0.05, 0) is 24.3 Å². The minimum Gasteiger partial charge on any atom is -0.454 e. The molecule has 2 aromatic carbocycles. The molecule has 1 amide bonds. The lowest BCUT2D eigenvalue weighted by Crippen LogP contribution is -2.16. The quantitative estimate of drug-likeness (QED) is 0.888. The van der Waals surface area contributed by atoms with Gasteiger partial charge in [0.2, 0.25) is 12.7 Å². The van der Waals surface area contributed by atoms with E-state index >= 15 is 0 Å². The second kappa shape index (κ2) is 6.51. The van der Waals surface area contributed by atoms with Crippen molar-refractivity contribution in [3.63, 3.8) is 0 Å². The number of hydrogen-bond donors (Lipinski definition) is 2. The molecule has 0 aromatic heterocycles. The predicted octanol–water partition coefficient (Wildman–Crippen LogP) is 3.13. The van der Waals surface area contributed by atoms with Gasteiger partial charge in [0.25, 0.3) is 0 Å². The third kappa shape index (κ3) is 3.68. The Labute approximate surface area is 131 Å². The summed E-state index contributed by atoms with van der Waals surface area (Å²) in [5.41, 5.74) is 1.02. The van der Waals surface area contributed by atoms with Crippen LogP contribution in [-0.2, 0) is 4.79 Å². The summed E-state index contributed by atoms with van der Waals surface area (Å²) < 4.78 is 36.3. The van der Waals surface area contributed by atoms with Gasteiger partial charge in [0.15, 0.2) is 23.1 Å². The molecule has 2 N–H and O–H groups in total. The van der Waals surface area contributed by atoms with E-state index in [4.69, 9.17) is 9.47 Å². The molecule has 2 aromatic rings. The highest BCUT2D eigenvalue weighted by Crippen LogP contribution is 2.34. The van der Waals surface area contributed by atoms with Crippen LogP contribution < -0.4 is 20.1 Å². The molecule has 0 saturated heterocycles. The second-order valence-corrected chi connectivity index (χ2v) is 4.92. The molecule has 7 heteroatoms. The van der Waals surface area contributed by atoms with E-state index in [1.165, 1.54) is 6.07 Å². The second-order valence-electron chi connectivity index (χ2n) is 4.92. The summed E-state index contributed by atoms with van der Waals surface area (Å²) in [6.45, 7) is 0.588. The van der Waals surface area contributed by atoms with Crippen LogP contribution in [0.1, 0.15) is 6.42 Å². The smallest absolute Gasteiger partial charge is 0.231 e. The molecule has 0 aliphatic carbocycles. The molecule has 0 unspecified atom stereocenters. The van der Waals surface area contributed by atoms with Crippen molar-refractivity contribution < 1.29 is 23.0 Å². The zero-order valence-corrected chi connectivity index (χ0v) is 12.1. The summed E-state index contributed by atoms with van der Waals surface area (Å²) in [5.74, 6) is -0.911. The van der Waals surface area contributed by atoms with Crippen molar-refractivity contribution >= 4 is 17.3 Å². The van der Waals surface area contributed by atoms with Crippen LogP contribution in [0.5, 0.6) is 11.5 Å². The summed E-state index contributed by atoms with van der Waals surface area (Å²) in [7, 11) is 0. The fraction of sp³-hybridized carbons (Fsp3) is 0.188. The van der Waals surface area contributed by atoms with Crippen molar-refractivity contribution in [2.24, 2.45) is 0 Å². The predicted molar refractivity (Wildman–Crippen MR) is 80.7 cm³/mol.